The maximum absolute atomic E-state index is 5.30. The largest absolute Gasteiger partial charge is 0.339 e. The van der Waals surface area contributed by atoms with Crippen LogP contribution in [0.25, 0.3) is 0 Å². The van der Waals surface area contributed by atoms with Crippen molar-refractivity contribution in [3.05, 3.63) is 11.7 Å². The van der Waals surface area contributed by atoms with Crippen molar-refractivity contribution in [2.45, 2.75) is 38.0 Å². The van der Waals surface area contributed by atoms with E-state index < -0.39 is 0 Å². The summed E-state index contributed by atoms with van der Waals surface area (Å²) in [6, 6.07) is 0.456. The second-order valence-electron chi connectivity index (χ2n) is 3.82. The molecule has 1 aliphatic heterocycles. The topological polar surface area (TPSA) is 51.0 Å². The van der Waals surface area contributed by atoms with Gasteiger partial charge in [-0.1, -0.05) is 12.1 Å². The van der Waals surface area contributed by atoms with Crippen molar-refractivity contribution >= 4 is 11.8 Å². The standard InChI is InChI=1S/C10H17N3OS/c1-3-15-6-9-12-10(14-13-9)8-4-5-11-7(8)2/h7-8,11H,3-6H2,1-2H3. The van der Waals surface area contributed by atoms with Gasteiger partial charge >= 0.3 is 0 Å². The summed E-state index contributed by atoms with van der Waals surface area (Å²) in [6.07, 6.45) is 1.10. The lowest BCUT2D eigenvalue weighted by Gasteiger charge is -2.08. The van der Waals surface area contributed by atoms with Gasteiger partial charge in [0.15, 0.2) is 5.82 Å². The monoisotopic (exact) mass is 227 g/mol. The zero-order valence-electron chi connectivity index (χ0n) is 9.19. The van der Waals surface area contributed by atoms with E-state index in [1.54, 1.807) is 0 Å². The molecular weight excluding hydrogens is 210 g/mol. The zero-order valence-corrected chi connectivity index (χ0v) is 10.0. The normalized spacial score (nSPS) is 26.0. The minimum atomic E-state index is 0.401. The molecule has 1 fully saturated rings. The van der Waals surface area contributed by atoms with E-state index in [9.17, 15) is 0 Å². The van der Waals surface area contributed by atoms with Crippen molar-refractivity contribution in [2.75, 3.05) is 12.3 Å². The third kappa shape index (κ3) is 2.52. The van der Waals surface area contributed by atoms with Crippen LogP contribution in [-0.4, -0.2) is 28.5 Å². The quantitative estimate of drug-likeness (QED) is 0.850. The molecule has 0 saturated carbocycles. The predicted molar refractivity (Wildman–Crippen MR) is 61.0 cm³/mol. The van der Waals surface area contributed by atoms with Gasteiger partial charge in [-0.15, -0.1) is 0 Å². The van der Waals surface area contributed by atoms with Crippen molar-refractivity contribution in [3.63, 3.8) is 0 Å². The van der Waals surface area contributed by atoms with Crippen LogP contribution in [0.2, 0.25) is 0 Å². The molecule has 4 nitrogen and oxygen atoms in total. The number of nitrogens with zero attached hydrogens (tertiary/aromatic N) is 2. The highest BCUT2D eigenvalue weighted by molar-refractivity contribution is 7.98. The van der Waals surface area contributed by atoms with Gasteiger partial charge in [0.05, 0.1) is 11.7 Å². The van der Waals surface area contributed by atoms with Gasteiger partial charge in [0, 0.05) is 6.04 Å². The van der Waals surface area contributed by atoms with Crippen LogP contribution in [0.15, 0.2) is 4.52 Å². The average molecular weight is 227 g/mol. The molecule has 2 rings (SSSR count). The van der Waals surface area contributed by atoms with Gasteiger partial charge in [0.25, 0.3) is 0 Å². The Hall–Kier alpha value is -0.550. The van der Waals surface area contributed by atoms with Gasteiger partial charge < -0.3 is 9.84 Å². The minimum Gasteiger partial charge on any atom is -0.339 e. The molecule has 84 valence electrons. The summed E-state index contributed by atoms with van der Waals surface area (Å²) < 4.78 is 5.30. The molecule has 0 aliphatic carbocycles. The van der Waals surface area contributed by atoms with Gasteiger partial charge in [0.2, 0.25) is 5.89 Å². The predicted octanol–water partition coefficient (Wildman–Crippen LogP) is 1.79. The lowest BCUT2D eigenvalue weighted by Crippen LogP contribution is -2.21. The van der Waals surface area contributed by atoms with Crippen molar-refractivity contribution in [3.8, 4) is 0 Å². The summed E-state index contributed by atoms with van der Waals surface area (Å²) in [5, 5.41) is 7.39. The lowest BCUT2D eigenvalue weighted by atomic mass is 10.0. The molecule has 0 amide bonds. The molecule has 1 aromatic rings. The molecule has 1 aromatic heterocycles. The molecule has 1 aliphatic rings. The van der Waals surface area contributed by atoms with E-state index in [4.69, 9.17) is 4.52 Å². The third-order valence-corrected chi connectivity index (χ3v) is 3.63. The van der Waals surface area contributed by atoms with Crippen LogP contribution >= 0.6 is 11.8 Å². The molecule has 1 N–H and O–H groups in total. The van der Waals surface area contributed by atoms with Crippen LogP contribution in [0.3, 0.4) is 0 Å². The van der Waals surface area contributed by atoms with Crippen LogP contribution in [0.5, 0.6) is 0 Å². The number of hydrogen-bond donors (Lipinski definition) is 1. The smallest absolute Gasteiger partial charge is 0.231 e. The Morgan fingerprint density at radius 1 is 1.60 bits per heavy atom. The first-order chi connectivity index (χ1) is 7.31. The fourth-order valence-electron chi connectivity index (χ4n) is 1.87. The Bertz CT molecular complexity index is 315. The van der Waals surface area contributed by atoms with Crippen LogP contribution in [0.4, 0.5) is 0 Å². The van der Waals surface area contributed by atoms with Gasteiger partial charge in [-0.25, -0.2) is 0 Å². The second-order valence-corrected chi connectivity index (χ2v) is 5.10. The first-order valence-electron chi connectivity index (χ1n) is 5.45. The minimum absolute atomic E-state index is 0.401. The van der Waals surface area contributed by atoms with Gasteiger partial charge in [-0.05, 0) is 25.6 Å². The molecule has 5 heteroatoms. The van der Waals surface area contributed by atoms with Crippen LogP contribution in [-0.2, 0) is 5.75 Å². The van der Waals surface area contributed by atoms with E-state index in [1.807, 2.05) is 11.8 Å². The molecule has 2 atom stereocenters. The van der Waals surface area contributed by atoms with Crippen LogP contribution < -0.4 is 5.32 Å². The van der Waals surface area contributed by atoms with E-state index >= 15 is 0 Å². The summed E-state index contributed by atoms with van der Waals surface area (Å²) in [5.41, 5.74) is 0. The van der Waals surface area contributed by atoms with Crippen molar-refractivity contribution in [2.24, 2.45) is 0 Å². The summed E-state index contributed by atoms with van der Waals surface area (Å²) >= 11 is 1.82. The first-order valence-corrected chi connectivity index (χ1v) is 6.60. The molecule has 0 bridgehead atoms. The fraction of sp³-hybridized carbons (Fsp3) is 0.800. The Labute approximate surface area is 94.2 Å². The summed E-state index contributed by atoms with van der Waals surface area (Å²) in [6.45, 7) is 5.35. The first kappa shape index (κ1) is 11.0. The number of hydrogen-bond acceptors (Lipinski definition) is 5. The van der Waals surface area contributed by atoms with E-state index in [1.165, 1.54) is 0 Å². The van der Waals surface area contributed by atoms with E-state index in [-0.39, 0.29) is 0 Å². The average Bonchev–Trinajstić information content (AvgIpc) is 2.83. The highest BCUT2D eigenvalue weighted by Crippen LogP contribution is 2.26. The van der Waals surface area contributed by atoms with Crippen LogP contribution in [0.1, 0.15) is 37.9 Å². The molecule has 0 radical (unpaired) electrons. The summed E-state index contributed by atoms with van der Waals surface area (Å²) in [7, 11) is 0. The molecule has 2 unspecified atom stereocenters. The number of aromatic nitrogens is 2. The zero-order chi connectivity index (χ0) is 10.7. The molecule has 0 aromatic carbocycles. The second kappa shape index (κ2) is 4.99. The van der Waals surface area contributed by atoms with E-state index in [0.717, 1.165) is 36.2 Å². The maximum Gasteiger partial charge on any atom is 0.231 e. The Balaban J connectivity index is 1.99. The molecular formula is C10H17N3OS. The molecule has 0 spiro atoms. The number of rotatable bonds is 4. The number of nitrogens with one attached hydrogen (secondary N) is 1. The van der Waals surface area contributed by atoms with Gasteiger partial charge in [-0.3, -0.25) is 0 Å². The maximum atomic E-state index is 5.30. The molecule has 15 heavy (non-hydrogen) atoms. The van der Waals surface area contributed by atoms with E-state index in [0.29, 0.717) is 12.0 Å². The highest BCUT2D eigenvalue weighted by atomic mass is 32.2. The summed E-state index contributed by atoms with van der Waals surface area (Å²) in [5.74, 6) is 3.98. The Morgan fingerprint density at radius 3 is 3.13 bits per heavy atom. The fourth-order valence-corrected chi connectivity index (χ4v) is 2.37. The van der Waals surface area contributed by atoms with Gasteiger partial charge in [0.1, 0.15) is 0 Å². The van der Waals surface area contributed by atoms with Crippen molar-refractivity contribution in [1.82, 2.24) is 15.5 Å². The summed E-state index contributed by atoms with van der Waals surface area (Å²) in [4.78, 5) is 4.44. The SMILES string of the molecule is CCSCc1noc(C2CCNC2C)n1. The van der Waals surface area contributed by atoms with Crippen molar-refractivity contribution in [1.29, 1.82) is 0 Å². The molecule has 2 heterocycles. The van der Waals surface area contributed by atoms with Crippen LogP contribution in [0, 0.1) is 0 Å². The number of thioether (sulfide) groups is 1. The van der Waals surface area contributed by atoms with Gasteiger partial charge in [-0.2, -0.15) is 16.7 Å². The highest BCUT2D eigenvalue weighted by Gasteiger charge is 2.29. The van der Waals surface area contributed by atoms with E-state index in [2.05, 4.69) is 29.3 Å². The Morgan fingerprint density at radius 2 is 2.47 bits per heavy atom. The Kier molecular flexibility index (Phi) is 3.64. The third-order valence-electron chi connectivity index (χ3n) is 2.76. The van der Waals surface area contributed by atoms with Crippen molar-refractivity contribution < 1.29 is 4.52 Å². The lowest BCUT2D eigenvalue weighted by molar-refractivity contribution is 0.342. The molecule has 1 saturated heterocycles.